The second-order valence-corrected chi connectivity index (χ2v) is 6.37. The highest BCUT2D eigenvalue weighted by Gasteiger charge is 2.28. The van der Waals surface area contributed by atoms with Gasteiger partial charge in [-0.15, -0.1) is 11.8 Å². The topological polar surface area (TPSA) is 55.1 Å². The first-order valence-electron chi connectivity index (χ1n) is 5.77. The highest BCUT2D eigenvalue weighted by molar-refractivity contribution is 8.01. The van der Waals surface area contributed by atoms with Crippen molar-refractivity contribution in [2.45, 2.75) is 36.0 Å². The molecule has 0 saturated heterocycles. The number of hydrogen-bond donors (Lipinski definition) is 2. The molecule has 1 aromatic rings. The lowest BCUT2D eigenvalue weighted by atomic mass is 10.1. The van der Waals surface area contributed by atoms with Crippen LogP contribution in [0.2, 0.25) is 0 Å². The molecule has 0 radical (unpaired) electrons. The molecule has 1 unspecified atom stereocenters. The number of carbonyl (C=O) groups is 1. The van der Waals surface area contributed by atoms with Gasteiger partial charge >= 0.3 is 0 Å². The molecule has 0 aromatic heterocycles. The van der Waals surface area contributed by atoms with Crippen LogP contribution in [-0.4, -0.2) is 23.2 Å². The summed E-state index contributed by atoms with van der Waals surface area (Å²) >= 11 is 1.64. The van der Waals surface area contributed by atoms with Crippen LogP contribution >= 0.6 is 11.8 Å². The first-order chi connectivity index (χ1) is 7.96. The summed E-state index contributed by atoms with van der Waals surface area (Å²) in [5, 5.41) is 2.91. The molecular weight excluding hydrogens is 232 g/mol. The molecule has 1 aromatic carbocycles. The third-order valence-electron chi connectivity index (χ3n) is 2.66. The maximum atomic E-state index is 12.0. The maximum absolute atomic E-state index is 12.0. The van der Waals surface area contributed by atoms with Crippen LogP contribution in [0.25, 0.3) is 0 Å². The molecule has 3 N–H and O–H groups in total. The van der Waals surface area contributed by atoms with Crippen molar-refractivity contribution in [2.75, 3.05) is 6.54 Å². The van der Waals surface area contributed by atoms with E-state index in [1.54, 1.807) is 11.8 Å². The van der Waals surface area contributed by atoms with Gasteiger partial charge in [-0.3, -0.25) is 4.79 Å². The molecule has 1 heterocycles. The van der Waals surface area contributed by atoms with Gasteiger partial charge in [-0.2, -0.15) is 0 Å². The molecule has 3 nitrogen and oxygen atoms in total. The number of hydrogen-bond acceptors (Lipinski definition) is 3. The molecule has 0 saturated carbocycles. The molecule has 92 valence electrons. The lowest BCUT2D eigenvalue weighted by molar-refractivity contribution is -0.120. The minimum absolute atomic E-state index is 0.00486. The molecule has 0 bridgehead atoms. The minimum atomic E-state index is -0.355. The van der Waals surface area contributed by atoms with E-state index in [0.29, 0.717) is 6.54 Å². The Kier molecular flexibility index (Phi) is 3.45. The van der Waals surface area contributed by atoms with Gasteiger partial charge in [-0.25, -0.2) is 0 Å². The molecule has 0 fully saturated rings. The number of amides is 1. The van der Waals surface area contributed by atoms with E-state index in [9.17, 15) is 4.79 Å². The smallest absolute Gasteiger partial charge is 0.233 e. The van der Waals surface area contributed by atoms with Crippen molar-refractivity contribution >= 4 is 17.7 Å². The fourth-order valence-electron chi connectivity index (χ4n) is 1.76. The summed E-state index contributed by atoms with van der Waals surface area (Å²) in [6.07, 6.45) is 0.817. The second-order valence-electron chi connectivity index (χ2n) is 5.12. The Morgan fingerprint density at radius 1 is 1.53 bits per heavy atom. The summed E-state index contributed by atoms with van der Waals surface area (Å²) < 4.78 is 0. The third-order valence-corrected chi connectivity index (χ3v) is 3.98. The van der Waals surface area contributed by atoms with Crippen molar-refractivity contribution in [2.24, 2.45) is 5.73 Å². The maximum Gasteiger partial charge on any atom is 0.233 e. The van der Waals surface area contributed by atoms with E-state index in [-0.39, 0.29) is 16.7 Å². The second kappa shape index (κ2) is 4.70. The summed E-state index contributed by atoms with van der Waals surface area (Å²) in [6, 6.07) is 8.18. The third kappa shape index (κ3) is 3.23. The number of nitrogens with one attached hydrogen (secondary N) is 1. The van der Waals surface area contributed by atoms with Crippen LogP contribution < -0.4 is 11.1 Å². The largest absolute Gasteiger partial charge is 0.353 e. The number of carbonyl (C=O) groups excluding carboxylic acids is 1. The van der Waals surface area contributed by atoms with Gasteiger partial charge in [0.1, 0.15) is 0 Å². The zero-order valence-corrected chi connectivity index (χ0v) is 11.0. The number of nitrogens with two attached hydrogens (primary N) is 1. The zero-order valence-electron chi connectivity index (χ0n) is 10.2. The Morgan fingerprint density at radius 3 is 2.88 bits per heavy atom. The number of thioether (sulfide) groups is 1. The summed E-state index contributed by atoms with van der Waals surface area (Å²) in [6.45, 7) is 4.33. The number of rotatable bonds is 3. The van der Waals surface area contributed by atoms with Crippen LogP contribution in [0.15, 0.2) is 29.2 Å². The minimum Gasteiger partial charge on any atom is -0.353 e. The van der Waals surface area contributed by atoms with E-state index in [4.69, 9.17) is 5.73 Å². The zero-order chi connectivity index (χ0) is 12.5. The quantitative estimate of drug-likeness (QED) is 0.856. The van der Waals surface area contributed by atoms with E-state index >= 15 is 0 Å². The van der Waals surface area contributed by atoms with Gasteiger partial charge in [-0.05, 0) is 31.9 Å². The summed E-state index contributed by atoms with van der Waals surface area (Å²) in [5.74, 6) is 0.0877. The van der Waals surface area contributed by atoms with Crippen LogP contribution in [0.4, 0.5) is 0 Å². The van der Waals surface area contributed by atoms with Crippen LogP contribution in [0.5, 0.6) is 0 Å². The number of benzene rings is 1. The lowest BCUT2D eigenvalue weighted by Gasteiger charge is -2.20. The standard InChI is InChI=1S/C13H18N2OS/c1-13(2,14)8-15-12(16)11-7-9-5-3-4-6-10(9)17-11/h3-6,11H,7-8,14H2,1-2H3,(H,15,16). The molecule has 4 heteroatoms. The van der Waals surface area contributed by atoms with E-state index in [2.05, 4.69) is 17.4 Å². The monoisotopic (exact) mass is 250 g/mol. The molecule has 1 aliphatic heterocycles. The summed E-state index contributed by atoms with van der Waals surface area (Å²) in [5.41, 5.74) is 6.76. The highest BCUT2D eigenvalue weighted by atomic mass is 32.2. The van der Waals surface area contributed by atoms with Crippen LogP contribution in [0, 0.1) is 0 Å². The van der Waals surface area contributed by atoms with Gasteiger partial charge in [0.15, 0.2) is 0 Å². The van der Waals surface area contributed by atoms with Crippen LogP contribution in [0.3, 0.4) is 0 Å². The molecule has 17 heavy (non-hydrogen) atoms. The van der Waals surface area contributed by atoms with Crippen molar-refractivity contribution in [1.82, 2.24) is 5.32 Å². The Bertz CT molecular complexity index is 401. The SMILES string of the molecule is CC(C)(N)CNC(=O)C1Cc2ccccc2S1. The van der Waals surface area contributed by atoms with Crippen molar-refractivity contribution in [3.63, 3.8) is 0 Å². The molecule has 2 rings (SSSR count). The van der Waals surface area contributed by atoms with Crippen molar-refractivity contribution in [3.05, 3.63) is 29.8 Å². The van der Waals surface area contributed by atoms with Gasteiger partial charge < -0.3 is 11.1 Å². The fourth-order valence-corrected chi connectivity index (χ4v) is 2.98. The van der Waals surface area contributed by atoms with E-state index in [1.807, 2.05) is 26.0 Å². The van der Waals surface area contributed by atoms with Crippen molar-refractivity contribution in [1.29, 1.82) is 0 Å². The molecular formula is C13H18N2OS. The Balaban J connectivity index is 1.92. The van der Waals surface area contributed by atoms with Gasteiger partial charge in [0.2, 0.25) is 5.91 Å². The Hall–Kier alpha value is -1.00. The lowest BCUT2D eigenvalue weighted by Crippen LogP contribution is -2.47. The van der Waals surface area contributed by atoms with Crippen LogP contribution in [-0.2, 0) is 11.2 Å². The fraction of sp³-hybridized carbons (Fsp3) is 0.462. The molecule has 0 spiro atoms. The van der Waals surface area contributed by atoms with E-state index in [0.717, 1.165) is 6.42 Å². The Labute approximate surface area is 106 Å². The number of fused-ring (bicyclic) bond motifs is 1. The average Bonchev–Trinajstić information content (AvgIpc) is 2.68. The van der Waals surface area contributed by atoms with Crippen LogP contribution in [0.1, 0.15) is 19.4 Å². The van der Waals surface area contributed by atoms with Gasteiger partial charge in [0.25, 0.3) is 0 Å². The molecule has 1 aliphatic rings. The summed E-state index contributed by atoms with van der Waals surface area (Å²) in [7, 11) is 0. The molecule has 1 atom stereocenters. The normalized spacial score (nSPS) is 18.9. The van der Waals surface area contributed by atoms with Gasteiger partial charge in [0, 0.05) is 17.0 Å². The van der Waals surface area contributed by atoms with Gasteiger partial charge in [-0.1, -0.05) is 18.2 Å². The van der Waals surface area contributed by atoms with Crippen molar-refractivity contribution in [3.8, 4) is 0 Å². The van der Waals surface area contributed by atoms with E-state index < -0.39 is 0 Å². The predicted octanol–water partition coefficient (Wildman–Crippen LogP) is 1.56. The first-order valence-corrected chi connectivity index (χ1v) is 6.65. The average molecular weight is 250 g/mol. The molecule has 0 aliphatic carbocycles. The first kappa shape index (κ1) is 12.5. The Morgan fingerprint density at radius 2 is 2.24 bits per heavy atom. The summed E-state index contributed by atoms with van der Waals surface area (Å²) in [4.78, 5) is 13.2. The molecule has 1 amide bonds. The highest BCUT2D eigenvalue weighted by Crippen LogP contribution is 2.36. The predicted molar refractivity (Wildman–Crippen MR) is 71.1 cm³/mol. The van der Waals surface area contributed by atoms with Crippen molar-refractivity contribution < 1.29 is 4.79 Å². The van der Waals surface area contributed by atoms with E-state index in [1.165, 1.54) is 10.5 Å². The van der Waals surface area contributed by atoms with Gasteiger partial charge in [0.05, 0.1) is 5.25 Å².